The fraction of sp³-hybridized carbons (Fsp3) is 0.333. The number of imidazole rings is 1. The average Bonchev–Trinajstić information content (AvgIpc) is 3.04. The summed E-state index contributed by atoms with van der Waals surface area (Å²) in [6, 6.07) is 10.1. The van der Waals surface area contributed by atoms with Crippen LogP contribution in [-0.4, -0.2) is 51.1 Å². The van der Waals surface area contributed by atoms with Gasteiger partial charge in [-0.3, -0.25) is 9.88 Å². The third-order valence-corrected chi connectivity index (χ3v) is 4.57. The van der Waals surface area contributed by atoms with Crippen molar-refractivity contribution in [3.05, 3.63) is 54.1 Å². The first-order valence-corrected chi connectivity index (χ1v) is 8.28. The smallest absolute Gasteiger partial charge is 0.121 e. The summed E-state index contributed by atoms with van der Waals surface area (Å²) in [6.45, 7) is 4.71. The molecule has 24 heavy (non-hydrogen) atoms. The first kappa shape index (κ1) is 15.1. The zero-order valence-corrected chi connectivity index (χ0v) is 13.5. The number of piperazine rings is 1. The van der Waals surface area contributed by atoms with Gasteiger partial charge in [0.25, 0.3) is 0 Å². The molecule has 2 aromatic heterocycles. The van der Waals surface area contributed by atoms with Crippen molar-refractivity contribution in [1.29, 1.82) is 0 Å². The maximum absolute atomic E-state index is 9.48. The van der Waals surface area contributed by atoms with Crippen molar-refractivity contribution in [2.45, 2.75) is 13.2 Å². The molecule has 1 fully saturated rings. The minimum Gasteiger partial charge on any atom is -0.392 e. The van der Waals surface area contributed by atoms with E-state index in [0.29, 0.717) is 0 Å². The predicted molar refractivity (Wildman–Crippen MR) is 93.7 cm³/mol. The van der Waals surface area contributed by atoms with Gasteiger partial charge in [0.1, 0.15) is 5.82 Å². The molecule has 6 heteroatoms. The lowest BCUT2D eigenvalue weighted by Crippen LogP contribution is -2.46. The highest BCUT2D eigenvalue weighted by Crippen LogP contribution is 2.21. The summed E-state index contributed by atoms with van der Waals surface area (Å²) in [5, 5.41) is 9.48. The van der Waals surface area contributed by atoms with Gasteiger partial charge in [-0.25, -0.2) is 4.98 Å². The second-order valence-electron chi connectivity index (χ2n) is 6.13. The van der Waals surface area contributed by atoms with Gasteiger partial charge in [0.15, 0.2) is 0 Å². The SMILES string of the molecule is OCc1cnccc1N1CCN(Cc2nc3ccccc3[nH]2)CC1. The number of pyridine rings is 1. The molecule has 1 aromatic carbocycles. The van der Waals surface area contributed by atoms with Crippen LogP contribution in [0.3, 0.4) is 0 Å². The van der Waals surface area contributed by atoms with Gasteiger partial charge in [-0.1, -0.05) is 12.1 Å². The molecule has 6 nitrogen and oxygen atoms in total. The van der Waals surface area contributed by atoms with E-state index in [1.807, 2.05) is 24.3 Å². The number of H-pyrrole nitrogens is 1. The van der Waals surface area contributed by atoms with E-state index in [1.54, 1.807) is 12.4 Å². The Labute approximate surface area is 140 Å². The topological polar surface area (TPSA) is 68.3 Å². The Morgan fingerprint density at radius 2 is 1.92 bits per heavy atom. The summed E-state index contributed by atoms with van der Waals surface area (Å²) in [7, 11) is 0. The number of nitrogens with one attached hydrogen (secondary N) is 1. The van der Waals surface area contributed by atoms with Crippen LogP contribution in [0.25, 0.3) is 11.0 Å². The van der Waals surface area contributed by atoms with Crippen LogP contribution in [0.15, 0.2) is 42.7 Å². The van der Waals surface area contributed by atoms with Gasteiger partial charge in [-0.2, -0.15) is 0 Å². The number of aliphatic hydroxyl groups is 1. The van der Waals surface area contributed by atoms with Crippen LogP contribution in [0.4, 0.5) is 5.69 Å². The number of aromatic nitrogens is 3. The third-order valence-electron chi connectivity index (χ3n) is 4.57. The number of anilines is 1. The summed E-state index contributed by atoms with van der Waals surface area (Å²) >= 11 is 0. The van der Waals surface area contributed by atoms with Crippen molar-refractivity contribution in [2.24, 2.45) is 0 Å². The van der Waals surface area contributed by atoms with Crippen LogP contribution in [-0.2, 0) is 13.2 Å². The maximum Gasteiger partial charge on any atom is 0.121 e. The van der Waals surface area contributed by atoms with Crippen LogP contribution in [0.5, 0.6) is 0 Å². The zero-order valence-electron chi connectivity index (χ0n) is 13.5. The molecular weight excluding hydrogens is 302 g/mol. The summed E-state index contributed by atoms with van der Waals surface area (Å²) < 4.78 is 0. The molecule has 3 aromatic rings. The fourth-order valence-corrected chi connectivity index (χ4v) is 3.29. The second kappa shape index (κ2) is 6.59. The number of nitrogens with zero attached hydrogens (tertiary/aromatic N) is 4. The molecule has 4 rings (SSSR count). The van der Waals surface area contributed by atoms with Gasteiger partial charge in [-0.05, 0) is 18.2 Å². The molecule has 0 radical (unpaired) electrons. The Bertz CT molecular complexity index is 790. The van der Waals surface area contributed by atoms with Crippen LogP contribution in [0, 0.1) is 0 Å². The van der Waals surface area contributed by atoms with E-state index in [-0.39, 0.29) is 6.61 Å². The van der Waals surface area contributed by atoms with Gasteiger partial charge in [0.05, 0.1) is 24.2 Å². The molecule has 0 amide bonds. The van der Waals surface area contributed by atoms with E-state index in [1.165, 1.54) is 0 Å². The Balaban J connectivity index is 1.41. The first-order valence-electron chi connectivity index (χ1n) is 8.28. The molecule has 3 heterocycles. The quantitative estimate of drug-likeness (QED) is 0.766. The minimum atomic E-state index is 0.0301. The average molecular weight is 323 g/mol. The maximum atomic E-state index is 9.48. The summed E-state index contributed by atoms with van der Waals surface area (Å²) in [4.78, 5) is 16.9. The van der Waals surface area contributed by atoms with E-state index in [9.17, 15) is 5.11 Å². The molecule has 0 aliphatic carbocycles. The van der Waals surface area contributed by atoms with Crippen molar-refractivity contribution in [3.8, 4) is 0 Å². The molecule has 1 saturated heterocycles. The number of hydrogen-bond acceptors (Lipinski definition) is 5. The number of aromatic amines is 1. The monoisotopic (exact) mass is 323 g/mol. The summed E-state index contributed by atoms with van der Waals surface area (Å²) in [5.74, 6) is 1.02. The summed E-state index contributed by atoms with van der Waals surface area (Å²) in [5.41, 5.74) is 4.10. The lowest BCUT2D eigenvalue weighted by atomic mass is 10.2. The van der Waals surface area contributed by atoms with E-state index in [0.717, 1.165) is 60.8 Å². The number of aliphatic hydroxyl groups excluding tert-OH is 1. The van der Waals surface area contributed by atoms with Crippen molar-refractivity contribution in [2.75, 3.05) is 31.1 Å². The van der Waals surface area contributed by atoms with E-state index in [2.05, 4.69) is 30.8 Å². The normalized spacial score (nSPS) is 16.0. The third kappa shape index (κ3) is 2.98. The van der Waals surface area contributed by atoms with Crippen molar-refractivity contribution >= 4 is 16.7 Å². The first-order chi connectivity index (χ1) is 11.8. The lowest BCUT2D eigenvalue weighted by Gasteiger charge is -2.36. The van der Waals surface area contributed by atoms with Gasteiger partial charge in [-0.15, -0.1) is 0 Å². The number of fused-ring (bicyclic) bond motifs is 1. The van der Waals surface area contributed by atoms with Crippen molar-refractivity contribution in [1.82, 2.24) is 19.9 Å². The Hall–Kier alpha value is -2.44. The molecular formula is C18H21N5O. The highest BCUT2D eigenvalue weighted by atomic mass is 16.3. The molecule has 1 aliphatic rings. The number of rotatable bonds is 4. The molecule has 0 saturated carbocycles. The van der Waals surface area contributed by atoms with E-state index in [4.69, 9.17) is 0 Å². The van der Waals surface area contributed by atoms with Gasteiger partial charge < -0.3 is 15.0 Å². The zero-order chi connectivity index (χ0) is 16.4. The molecule has 1 aliphatic heterocycles. The van der Waals surface area contributed by atoms with Gasteiger partial charge in [0, 0.05) is 49.8 Å². The highest BCUT2D eigenvalue weighted by Gasteiger charge is 2.20. The number of benzene rings is 1. The molecule has 0 atom stereocenters. The number of para-hydroxylation sites is 2. The van der Waals surface area contributed by atoms with E-state index >= 15 is 0 Å². The van der Waals surface area contributed by atoms with Crippen molar-refractivity contribution in [3.63, 3.8) is 0 Å². The predicted octanol–water partition coefficient (Wildman–Crippen LogP) is 1.77. The molecule has 124 valence electrons. The minimum absolute atomic E-state index is 0.0301. The largest absolute Gasteiger partial charge is 0.392 e. The number of hydrogen-bond donors (Lipinski definition) is 2. The van der Waals surface area contributed by atoms with Crippen LogP contribution in [0.2, 0.25) is 0 Å². The fourth-order valence-electron chi connectivity index (χ4n) is 3.29. The Morgan fingerprint density at radius 1 is 1.08 bits per heavy atom. The molecule has 0 spiro atoms. The lowest BCUT2D eigenvalue weighted by molar-refractivity contribution is 0.243. The highest BCUT2D eigenvalue weighted by molar-refractivity contribution is 5.74. The van der Waals surface area contributed by atoms with E-state index < -0.39 is 0 Å². The summed E-state index contributed by atoms with van der Waals surface area (Å²) in [6.07, 6.45) is 3.53. The van der Waals surface area contributed by atoms with Gasteiger partial charge >= 0.3 is 0 Å². The van der Waals surface area contributed by atoms with Crippen LogP contribution < -0.4 is 4.90 Å². The Kier molecular flexibility index (Phi) is 4.15. The molecule has 0 bridgehead atoms. The van der Waals surface area contributed by atoms with Gasteiger partial charge in [0.2, 0.25) is 0 Å². The molecule has 2 N–H and O–H groups in total. The standard InChI is InChI=1S/C18H21N5O/c24-13-14-11-19-6-5-17(14)23-9-7-22(8-10-23)12-18-20-15-3-1-2-4-16(15)21-18/h1-6,11,24H,7-10,12-13H2,(H,20,21). The molecule has 0 unspecified atom stereocenters. The Morgan fingerprint density at radius 3 is 2.71 bits per heavy atom. The van der Waals surface area contributed by atoms with Crippen LogP contribution in [0.1, 0.15) is 11.4 Å². The van der Waals surface area contributed by atoms with Crippen LogP contribution >= 0.6 is 0 Å². The van der Waals surface area contributed by atoms with Crippen molar-refractivity contribution < 1.29 is 5.11 Å². The second-order valence-corrected chi connectivity index (χ2v) is 6.13.